The van der Waals surface area contributed by atoms with E-state index in [9.17, 15) is 4.79 Å². The Labute approximate surface area is 112 Å². The zero-order chi connectivity index (χ0) is 14.7. The summed E-state index contributed by atoms with van der Waals surface area (Å²) >= 11 is 0. The molecular weight excluding hydrogens is 226 g/mol. The van der Waals surface area contributed by atoms with Crippen LogP contribution >= 0.6 is 0 Å². The van der Waals surface area contributed by atoms with Crippen LogP contribution in [-0.4, -0.2) is 18.1 Å². The van der Waals surface area contributed by atoms with Crippen molar-refractivity contribution in [3.63, 3.8) is 0 Å². The highest BCUT2D eigenvalue weighted by Gasteiger charge is 2.34. The molecule has 0 spiro atoms. The molecule has 0 saturated heterocycles. The zero-order valence-corrected chi connectivity index (χ0v) is 13.3. The van der Waals surface area contributed by atoms with Gasteiger partial charge in [-0.3, -0.25) is 4.79 Å². The summed E-state index contributed by atoms with van der Waals surface area (Å²) in [7, 11) is 0. The van der Waals surface area contributed by atoms with Gasteiger partial charge in [0.2, 0.25) is 0 Å². The lowest BCUT2D eigenvalue weighted by atomic mass is 9.81. The van der Waals surface area contributed by atoms with Gasteiger partial charge in [-0.25, -0.2) is 0 Å². The Balaban J connectivity index is 4.86. The van der Waals surface area contributed by atoms with E-state index in [2.05, 4.69) is 34.6 Å². The van der Waals surface area contributed by atoms with Crippen molar-refractivity contribution in [2.24, 2.45) is 22.5 Å². The summed E-state index contributed by atoms with van der Waals surface area (Å²) in [6, 6.07) is -0.147. The monoisotopic (exact) mass is 257 g/mol. The van der Waals surface area contributed by atoms with E-state index in [1.54, 1.807) is 0 Å². The van der Waals surface area contributed by atoms with E-state index >= 15 is 0 Å². The van der Waals surface area contributed by atoms with E-state index in [1.807, 2.05) is 20.8 Å². The van der Waals surface area contributed by atoms with E-state index in [4.69, 9.17) is 10.5 Å². The van der Waals surface area contributed by atoms with Crippen LogP contribution in [0.2, 0.25) is 0 Å². The van der Waals surface area contributed by atoms with E-state index in [0.717, 1.165) is 6.42 Å². The SMILES string of the molecule is CC(C)CC(OC(=O)C(C)(C)C)C(N)C(C)(C)C. The summed E-state index contributed by atoms with van der Waals surface area (Å²) in [6.45, 7) is 16.1. The number of hydrogen-bond acceptors (Lipinski definition) is 3. The second kappa shape index (κ2) is 6.05. The average molecular weight is 257 g/mol. The first-order chi connectivity index (χ1) is 7.85. The van der Waals surface area contributed by atoms with Gasteiger partial charge in [0, 0.05) is 6.04 Å². The number of esters is 1. The van der Waals surface area contributed by atoms with Gasteiger partial charge in [-0.15, -0.1) is 0 Å². The largest absolute Gasteiger partial charge is 0.460 e. The van der Waals surface area contributed by atoms with Gasteiger partial charge in [-0.05, 0) is 38.5 Å². The van der Waals surface area contributed by atoms with Crippen molar-refractivity contribution in [3.05, 3.63) is 0 Å². The molecule has 2 unspecified atom stereocenters. The highest BCUT2D eigenvalue weighted by molar-refractivity contribution is 5.75. The summed E-state index contributed by atoms with van der Waals surface area (Å²) < 4.78 is 5.65. The molecule has 3 nitrogen and oxygen atoms in total. The van der Waals surface area contributed by atoms with Gasteiger partial charge >= 0.3 is 5.97 Å². The molecule has 0 bridgehead atoms. The molecule has 2 N–H and O–H groups in total. The number of ether oxygens (including phenoxy) is 1. The van der Waals surface area contributed by atoms with E-state index in [1.165, 1.54) is 0 Å². The predicted molar refractivity (Wildman–Crippen MR) is 76.2 cm³/mol. The molecule has 0 amide bonds. The Kier molecular flexibility index (Phi) is 5.86. The lowest BCUT2D eigenvalue weighted by molar-refractivity contribution is -0.162. The minimum atomic E-state index is -0.479. The molecule has 0 heterocycles. The molecule has 0 aliphatic rings. The molecule has 108 valence electrons. The number of carbonyl (C=O) groups excluding carboxylic acids is 1. The van der Waals surface area contributed by atoms with Crippen LogP contribution in [0.1, 0.15) is 61.8 Å². The number of rotatable bonds is 4. The molecule has 0 rings (SSSR count). The highest BCUT2D eigenvalue weighted by atomic mass is 16.5. The molecule has 0 saturated carbocycles. The molecule has 0 aromatic carbocycles. The normalized spacial score (nSPS) is 16.6. The number of hydrogen-bond donors (Lipinski definition) is 1. The third kappa shape index (κ3) is 5.85. The summed E-state index contributed by atoms with van der Waals surface area (Å²) in [5, 5.41) is 0. The molecular formula is C15H31NO2. The van der Waals surface area contributed by atoms with Crippen LogP contribution in [0.15, 0.2) is 0 Å². The van der Waals surface area contributed by atoms with Gasteiger partial charge in [0.05, 0.1) is 5.41 Å². The first-order valence-electron chi connectivity index (χ1n) is 6.82. The Morgan fingerprint density at radius 1 is 1.11 bits per heavy atom. The van der Waals surface area contributed by atoms with Gasteiger partial charge in [-0.2, -0.15) is 0 Å². The predicted octanol–water partition coefficient (Wildman–Crippen LogP) is 3.36. The van der Waals surface area contributed by atoms with Crippen LogP contribution in [0.3, 0.4) is 0 Å². The number of nitrogens with two attached hydrogens (primary N) is 1. The maximum Gasteiger partial charge on any atom is 0.311 e. The van der Waals surface area contributed by atoms with Crippen molar-refractivity contribution in [1.82, 2.24) is 0 Å². The summed E-state index contributed by atoms with van der Waals surface area (Å²) in [4.78, 5) is 12.0. The van der Waals surface area contributed by atoms with Crippen LogP contribution in [0.4, 0.5) is 0 Å². The lowest BCUT2D eigenvalue weighted by Crippen LogP contribution is -2.48. The van der Waals surface area contributed by atoms with Crippen molar-refractivity contribution < 1.29 is 9.53 Å². The smallest absolute Gasteiger partial charge is 0.311 e. The van der Waals surface area contributed by atoms with Gasteiger partial charge in [0.1, 0.15) is 6.10 Å². The molecule has 3 heteroatoms. The second-order valence-electron chi connectivity index (χ2n) is 7.72. The molecule has 0 radical (unpaired) electrons. The van der Waals surface area contributed by atoms with E-state index < -0.39 is 5.41 Å². The lowest BCUT2D eigenvalue weighted by Gasteiger charge is -2.35. The maximum absolute atomic E-state index is 12.0. The quantitative estimate of drug-likeness (QED) is 0.786. The van der Waals surface area contributed by atoms with Crippen LogP contribution in [0.5, 0.6) is 0 Å². The van der Waals surface area contributed by atoms with Crippen molar-refractivity contribution in [2.45, 2.75) is 74.0 Å². The van der Waals surface area contributed by atoms with Crippen molar-refractivity contribution >= 4 is 5.97 Å². The molecule has 0 fully saturated rings. The third-order valence-electron chi connectivity index (χ3n) is 2.98. The highest BCUT2D eigenvalue weighted by Crippen LogP contribution is 2.27. The molecule has 2 atom stereocenters. The minimum Gasteiger partial charge on any atom is -0.460 e. The van der Waals surface area contributed by atoms with Crippen molar-refractivity contribution in [3.8, 4) is 0 Å². The van der Waals surface area contributed by atoms with Crippen LogP contribution < -0.4 is 5.73 Å². The van der Waals surface area contributed by atoms with Gasteiger partial charge < -0.3 is 10.5 Å². The van der Waals surface area contributed by atoms with Crippen LogP contribution in [-0.2, 0) is 9.53 Å². The van der Waals surface area contributed by atoms with Crippen LogP contribution in [0, 0.1) is 16.7 Å². The molecule has 0 aliphatic heterocycles. The van der Waals surface area contributed by atoms with Gasteiger partial charge in [0.15, 0.2) is 0 Å². The topological polar surface area (TPSA) is 52.3 Å². The van der Waals surface area contributed by atoms with E-state index in [-0.39, 0.29) is 23.5 Å². The standard InChI is InChI=1S/C15H31NO2/c1-10(2)9-11(12(16)14(3,4)5)18-13(17)15(6,7)8/h10-12H,9,16H2,1-8H3. The Hall–Kier alpha value is -0.570. The van der Waals surface area contributed by atoms with E-state index in [0.29, 0.717) is 5.92 Å². The summed E-state index contributed by atoms with van der Waals surface area (Å²) in [5.74, 6) is 0.281. The summed E-state index contributed by atoms with van der Waals surface area (Å²) in [5.41, 5.74) is 5.71. The molecule has 0 aromatic heterocycles. The maximum atomic E-state index is 12.0. The van der Waals surface area contributed by atoms with Gasteiger partial charge in [-0.1, -0.05) is 34.6 Å². The fraction of sp³-hybridized carbons (Fsp3) is 0.933. The average Bonchev–Trinajstić information content (AvgIpc) is 2.11. The van der Waals surface area contributed by atoms with Crippen molar-refractivity contribution in [1.29, 1.82) is 0 Å². The first kappa shape index (κ1) is 17.4. The van der Waals surface area contributed by atoms with Gasteiger partial charge in [0.25, 0.3) is 0 Å². The molecule has 0 aromatic rings. The molecule has 18 heavy (non-hydrogen) atoms. The van der Waals surface area contributed by atoms with Crippen molar-refractivity contribution in [2.75, 3.05) is 0 Å². The molecule has 0 aliphatic carbocycles. The fourth-order valence-electron chi connectivity index (χ4n) is 1.60. The minimum absolute atomic E-state index is 0.0717. The zero-order valence-electron chi connectivity index (χ0n) is 13.3. The summed E-state index contributed by atoms with van der Waals surface area (Å²) in [6.07, 6.45) is 0.594. The van der Waals surface area contributed by atoms with Crippen LogP contribution in [0.25, 0.3) is 0 Å². The third-order valence-corrected chi connectivity index (χ3v) is 2.98. The Morgan fingerprint density at radius 2 is 1.56 bits per heavy atom. The number of carbonyl (C=O) groups is 1. The first-order valence-corrected chi connectivity index (χ1v) is 6.82. The Morgan fingerprint density at radius 3 is 1.83 bits per heavy atom. The fourth-order valence-corrected chi connectivity index (χ4v) is 1.60. The second-order valence-corrected chi connectivity index (χ2v) is 7.72. The Bertz CT molecular complexity index is 271.